The molecule has 0 radical (unpaired) electrons. The van der Waals surface area contributed by atoms with Gasteiger partial charge in [-0.25, -0.2) is 0 Å². The molecule has 5 nitrogen and oxygen atoms in total. The number of amides is 2. The lowest BCUT2D eigenvalue weighted by atomic mass is 10.1. The van der Waals surface area contributed by atoms with E-state index in [1.807, 2.05) is 6.07 Å². The van der Waals surface area contributed by atoms with Crippen LogP contribution in [0.3, 0.4) is 0 Å². The average Bonchev–Trinajstić information content (AvgIpc) is 2.77. The van der Waals surface area contributed by atoms with E-state index >= 15 is 0 Å². The Morgan fingerprint density at radius 3 is 2.16 bits per heavy atom. The van der Waals surface area contributed by atoms with E-state index in [9.17, 15) is 22.8 Å². The number of anilines is 1. The summed E-state index contributed by atoms with van der Waals surface area (Å²) >= 11 is 0. The maximum Gasteiger partial charge on any atom is 0.422 e. The molecule has 2 N–H and O–H groups in total. The van der Waals surface area contributed by atoms with Crippen molar-refractivity contribution in [1.29, 1.82) is 0 Å². The Bertz CT molecular complexity index is 1040. The number of carbonyl (C=O) groups excluding carboxylic acids is 2. The van der Waals surface area contributed by atoms with Gasteiger partial charge in [-0.3, -0.25) is 9.59 Å². The molecule has 0 aliphatic carbocycles. The van der Waals surface area contributed by atoms with Gasteiger partial charge in [0.2, 0.25) is 0 Å². The number of rotatable bonds is 7. The predicted molar refractivity (Wildman–Crippen MR) is 110 cm³/mol. The van der Waals surface area contributed by atoms with E-state index in [1.165, 1.54) is 12.1 Å². The smallest absolute Gasteiger partial charge is 0.422 e. The number of benzene rings is 3. The molecule has 0 saturated carbocycles. The fourth-order valence-corrected chi connectivity index (χ4v) is 2.69. The first-order valence-electron chi connectivity index (χ1n) is 9.33. The van der Waals surface area contributed by atoms with E-state index in [2.05, 4.69) is 10.6 Å². The third-order valence-electron chi connectivity index (χ3n) is 4.19. The van der Waals surface area contributed by atoms with E-state index in [0.717, 1.165) is 0 Å². The standard InChI is InChI=1S/C23H19F3N2O3/c24-23(25,26)15-31-20-8-4-5-16(13-20)14-27-21(29)18-9-11-19(12-10-18)28-22(30)17-6-2-1-3-7-17/h1-13H,14-15H2,(H,27,29)(H,28,30). The lowest BCUT2D eigenvalue weighted by Gasteiger charge is -2.11. The van der Waals surface area contributed by atoms with Crippen LogP contribution in [0.15, 0.2) is 78.9 Å². The topological polar surface area (TPSA) is 67.4 Å². The van der Waals surface area contributed by atoms with Crippen LogP contribution < -0.4 is 15.4 Å². The summed E-state index contributed by atoms with van der Waals surface area (Å²) in [4.78, 5) is 24.5. The number of alkyl halides is 3. The molecule has 8 heteroatoms. The van der Waals surface area contributed by atoms with E-state index in [0.29, 0.717) is 22.4 Å². The lowest BCUT2D eigenvalue weighted by molar-refractivity contribution is -0.153. The molecule has 0 unspecified atom stereocenters. The predicted octanol–water partition coefficient (Wildman–Crippen LogP) is 4.81. The van der Waals surface area contributed by atoms with Crippen molar-refractivity contribution in [2.75, 3.05) is 11.9 Å². The Kier molecular flexibility index (Phi) is 6.92. The fourth-order valence-electron chi connectivity index (χ4n) is 2.69. The molecule has 3 aromatic rings. The van der Waals surface area contributed by atoms with Gasteiger partial charge in [-0.15, -0.1) is 0 Å². The zero-order valence-corrected chi connectivity index (χ0v) is 16.3. The van der Waals surface area contributed by atoms with Crippen LogP contribution in [0, 0.1) is 0 Å². The first-order chi connectivity index (χ1) is 14.8. The summed E-state index contributed by atoms with van der Waals surface area (Å²) in [5, 5.41) is 5.44. The van der Waals surface area contributed by atoms with Crippen LogP contribution >= 0.6 is 0 Å². The molecule has 0 atom stereocenters. The van der Waals surface area contributed by atoms with Crippen LogP contribution in [0.4, 0.5) is 18.9 Å². The fraction of sp³-hybridized carbons (Fsp3) is 0.130. The third-order valence-corrected chi connectivity index (χ3v) is 4.19. The summed E-state index contributed by atoms with van der Waals surface area (Å²) in [6, 6.07) is 21.2. The summed E-state index contributed by atoms with van der Waals surface area (Å²) < 4.78 is 41.5. The van der Waals surface area contributed by atoms with Crippen molar-refractivity contribution in [2.24, 2.45) is 0 Å². The van der Waals surface area contributed by atoms with Gasteiger partial charge in [-0.05, 0) is 54.1 Å². The normalized spacial score (nSPS) is 10.9. The van der Waals surface area contributed by atoms with Gasteiger partial charge in [0.05, 0.1) is 0 Å². The Balaban J connectivity index is 1.53. The van der Waals surface area contributed by atoms with Crippen LogP contribution in [-0.4, -0.2) is 24.6 Å². The van der Waals surface area contributed by atoms with Gasteiger partial charge in [-0.2, -0.15) is 13.2 Å². The molecule has 0 aromatic heterocycles. The second-order valence-corrected chi connectivity index (χ2v) is 6.63. The van der Waals surface area contributed by atoms with Crippen LogP contribution in [-0.2, 0) is 6.54 Å². The molecular formula is C23H19F3N2O3. The highest BCUT2D eigenvalue weighted by Crippen LogP contribution is 2.19. The summed E-state index contributed by atoms with van der Waals surface area (Å²) in [5.41, 5.74) is 2.03. The van der Waals surface area contributed by atoms with Gasteiger partial charge in [-0.1, -0.05) is 30.3 Å². The maximum absolute atomic E-state index is 12.3. The van der Waals surface area contributed by atoms with E-state index in [4.69, 9.17) is 4.74 Å². The molecule has 2 amide bonds. The summed E-state index contributed by atoms with van der Waals surface area (Å²) in [6.45, 7) is -1.26. The highest BCUT2D eigenvalue weighted by atomic mass is 19.4. The second kappa shape index (κ2) is 9.80. The first kappa shape index (κ1) is 21.9. The molecule has 0 heterocycles. The molecule has 0 fully saturated rings. The third kappa shape index (κ3) is 6.88. The Morgan fingerprint density at radius 1 is 0.806 bits per heavy atom. The quantitative estimate of drug-likeness (QED) is 0.568. The van der Waals surface area contributed by atoms with Gasteiger partial charge < -0.3 is 15.4 Å². The van der Waals surface area contributed by atoms with Gasteiger partial charge in [0.25, 0.3) is 11.8 Å². The number of hydrogen-bond acceptors (Lipinski definition) is 3. The molecule has 3 rings (SSSR count). The summed E-state index contributed by atoms with van der Waals surface area (Å²) in [5.74, 6) is -0.546. The molecule has 3 aromatic carbocycles. The number of hydrogen-bond donors (Lipinski definition) is 2. The molecule has 160 valence electrons. The minimum Gasteiger partial charge on any atom is -0.484 e. The highest BCUT2D eigenvalue weighted by Gasteiger charge is 2.28. The van der Waals surface area contributed by atoms with Crippen molar-refractivity contribution in [2.45, 2.75) is 12.7 Å². The SMILES string of the molecule is O=C(NCc1cccc(OCC(F)(F)F)c1)c1ccc(NC(=O)c2ccccc2)cc1. The summed E-state index contributed by atoms with van der Waals surface area (Å²) in [6.07, 6.45) is -4.42. The molecular weight excluding hydrogens is 409 g/mol. The number of carbonyl (C=O) groups is 2. The lowest BCUT2D eigenvalue weighted by Crippen LogP contribution is -2.23. The second-order valence-electron chi connectivity index (χ2n) is 6.63. The van der Waals surface area contributed by atoms with Crippen molar-refractivity contribution >= 4 is 17.5 Å². The van der Waals surface area contributed by atoms with Gasteiger partial charge in [0.15, 0.2) is 6.61 Å². The van der Waals surface area contributed by atoms with Crippen molar-refractivity contribution in [3.8, 4) is 5.75 Å². The zero-order chi connectivity index (χ0) is 22.3. The molecule has 31 heavy (non-hydrogen) atoms. The highest BCUT2D eigenvalue weighted by molar-refractivity contribution is 6.04. The Hall–Kier alpha value is -3.81. The number of halogens is 3. The molecule has 0 aliphatic heterocycles. The zero-order valence-electron chi connectivity index (χ0n) is 16.3. The largest absolute Gasteiger partial charge is 0.484 e. The molecule has 0 bridgehead atoms. The summed E-state index contributed by atoms with van der Waals surface area (Å²) in [7, 11) is 0. The van der Waals surface area contributed by atoms with Crippen LogP contribution in [0.1, 0.15) is 26.3 Å². The number of nitrogens with one attached hydrogen (secondary N) is 2. The van der Waals surface area contributed by atoms with Crippen molar-refractivity contribution < 1.29 is 27.5 Å². The van der Waals surface area contributed by atoms with Crippen LogP contribution in [0.5, 0.6) is 5.75 Å². The van der Waals surface area contributed by atoms with Crippen molar-refractivity contribution in [3.63, 3.8) is 0 Å². The van der Waals surface area contributed by atoms with Gasteiger partial charge in [0.1, 0.15) is 5.75 Å². The first-order valence-corrected chi connectivity index (χ1v) is 9.33. The van der Waals surface area contributed by atoms with Gasteiger partial charge in [0, 0.05) is 23.4 Å². The average molecular weight is 428 g/mol. The van der Waals surface area contributed by atoms with Gasteiger partial charge >= 0.3 is 6.18 Å². The molecule has 0 saturated heterocycles. The van der Waals surface area contributed by atoms with E-state index < -0.39 is 12.8 Å². The minimum absolute atomic E-state index is 0.0718. The van der Waals surface area contributed by atoms with E-state index in [-0.39, 0.29) is 24.1 Å². The molecule has 0 spiro atoms. The van der Waals surface area contributed by atoms with E-state index in [1.54, 1.807) is 60.7 Å². The minimum atomic E-state index is -4.42. The van der Waals surface area contributed by atoms with Crippen LogP contribution in [0.25, 0.3) is 0 Å². The van der Waals surface area contributed by atoms with Crippen molar-refractivity contribution in [1.82, 2.24) is 5.32 Å². The van der Waals surface area contributed by atoms with Crippen LogP contribution in [0.2, 0.25) is 0 Å². The number of ether oxygens (including phenoxy) is 1. The maximum atomic E-state index is 12.3. The Labute approximate surface area is 176 Å². The Morgan fingerprint density at radius 2 is 1.48 bits per heavy atom. The molecule has 0 aliphatic rings. The van der Waals surface area contributed by atoms with Crippen molar-refractivity contribution in [3.05, 3.63) is 95.6 Å². The monoisotopic (exact) mass is 428 g/mol.